The normalized spacial score (nSPS) is 11.4. The average Bonchev–Trinajstić information content (AvgIpc) is 2.59. The topological polar surface area (TPSA) is 120 Å². The number of aliphatic carboxylic acids is 2. The molecule has 14 heteroatoms. The first-order chi connectivity index (χ1) is 12.8. The van der Waals surface area contributed by atoms with E-state index in [0.29, 0.717) is 5.56 Å². The minimum Gasteiger partial charge on any atom is -0.542 e. The first-order valence-electron chi connectivity index (χ1n) is 7.07. The van der Waals surface area contributed by atoms with Gasteiger partial charge in [-0.2, -0.15) is 26.3 Å². The Morgan fingerprint density at radius 1 is 1.14 bits per heavy atom. The fourth-order valence-electron chi connectivity index (χ4n) is 1.53. The van der Waals surface area contributed by atoms with Gasteiger partial charge in [-0.25, -0.2) is 9.97 Å². The molecule has 0 unspecified atom stereocenters. The Morgan fingerprint density at radius 3 is 2.18 bits per heavy atom. The van der Waals surface area contributed by atoms with Crippen LogP contribution in [0.15, 0.2) is 30.7 Å². The second-order valence-corrected chi connectivity index (χ2v) is 4.87. The Hall–Kier alpha value is -3.32. The third-order valence-corrected chi connectivity index (χ3v) is 2.76. The summed E-state index contributed by atoms with van der Waals surface area (Å²) in [5.41, 5.74) is 0.477. The van der Waals surface area contributed by atoms with Crippen molar-refractivity contribution in [1.82, 2.24) is 15.1 Å². The summed E-state index contributed by atoms with van der Waals surface area (Å²) in [6.07, 6.45) is -6.07. The average molecular weight is 412 g/mol. The largest absolute Gasteiger partial charge is 0.542 e. The van der Waals surface area contributed by atoms with Gasteiger partial charge in [-0.3, -0.25) is 4.79 Å². The van der Waals surface area contributed by atoms with Crippen molar-refractivity contribution in [2.75, 3.05) is 0 Å². The maximum absolute atomic E-state index is 12.5. The van der Waals surface area contributed by atoms with Crippen LogP contribution in [0.2, 0.25) is 0 Å². The van der Waals surface area contributed by atoms with Gasteiger partial charge >= 0.3 is 18.3 Å². The van der Waals surface area contributed by atoms with Gasteiger partial charge in [0.15, 0.2) is 12.7 Å². The van der Waals surface area contributed by atoms with E-state index >= 15 is 0 Å². The zero-order valence-electron chi connectivity index (χ0n) is 13.5. The van der Waals surface area contributed by atoms with Gasteiger partial charge in [0.2, 0.25) is 5.82 Å². The van der Waals surface area contributed by atoms with E-state index in [1.807, 2.05) is 0 Å². The number of alkyl halides is 6. The van der Waals surface area contributed by atoms with Crippen molar-refractivity contribution in [3.05, 3.63) is 36.5 Å². The van der Waals surface area contributed by atoms with E-state index in [9.17, 15) is 31.1 Å². The van der Waals surface area contributed by atoms with E-state index in [2.05, 4.69) is 15.1 Å². The summed E-state index contributed by atoms with van der Waals surface area (Å²) in [5.74, 6) is -5.19. The lowest BCUT2D eigenvalue weighted by Crippen LogP contribution is -2.38. The molecule has 0 atom stereocenters. The van der Waals surface area contributed by atoms with Gasteiger partial charge in [0, 0.05) is 17.8 Å². The molecule has 2 aromatic heterocycles. The maximum atomic E-state index is 12.5. The molecule has 2 aromatic rings. The first kappa shape index (κ1) is 22.7. The van der Waals surface area contributed by atoms with E-state index in [1.165, 1.54) is 29.2 Å². The van der Waals surface area contributed by atoms with Gasteiger partial charge in [0.05, 0.1) is 5.69 Å². The lowest BCUT2D eigenvalue weighted by molar-refractivity contribution is -0.752. The van der Waals surface area contributed by atoms with Crippen molar-refractivity contribution in [2.24, 2.45) is 0 Å². The molecule has 0 aliphatic carbocycles. The van der Waals surface area contributed by atoms with E-state index < -0.39 is 30.1 Å². The smallest absolute Gasteiger partial charge is 0.451 e. The van der Waals surface area contributed by atoms with Crippen LogP contribution in [0.3, 0.4) is 0 Å². The van der Waals surface area contributed by atoms with Crippen LogP contribution in [-0.4, -0.2) is 38.3 Å². The summed E-state index contributed by atoms with van der Waals surface area (Å²) < 4.78 is 70.5. The van der Waals surface area contributed by atoms with Gasteiger partial charge in [-0.1, -0.05) is 4.68 Å². The van der Waals surface area contributed by atoms with Crippen LogP contribution in [0.4, 0.5) is 26.3 Å². The molecule has 0 saturated heterocycles. The molecule has 0 saturated carbocycles. The number of carboxylic acids is 2. The number of carbonyl (C=O) groups is 2. The van der Waals surface area contributed by atoms with Crippen LogP contribution in [0, 0.1) is 0 Å². The predicted octanol–water partition coefficient (Wildman–Crippen LogP) is 0.618. The Kier molecular flexibility index (Phi) is 7.35. The number of carboxylic acid groups (broad SMARTS) is 2. The maximum Gasteiger partial charge on any atom is 0.451 e. The summed E-state index contributed by atoms with van der Waals surface area (Å²) in [4.78, 5) is 25.8. The number of nitrogens with zero attached hydrogens (tertiary/aromatic N) is 4. The molecular weight excluding hydrogens is 402 g/mol. The molecule has 28 heavy (non-hydrogen) atoms. The van der Waals surface area contributed by atoms with Crippen LogP contribution in [0.5, 0.6) is 0 Å². The van der Waals surface area contributed by atoms with Gasteiger partial charge in [-0.05, 0) is 11.2 Å². The summed E-state index contributed by atoms with van der Waals surface area (Å²) in [6.45, 7) is 0.174. The minimum atomic E-state index is -5.19. The SMILES string of the molecule is O=C(O)CC[n+]1ccc(-c2ccnc(C(F)(F)F)n2)cn1.O=C([O-])C(F)(F)F. The van der Waals surface area contributed by atoms with E-state index in [4.69, 9.17) is 15.0 Å². The van der Waals surface area contributed by atoms with Crippen molar-refractivity contribution in [3.63, 3.8) is 0 Å². The molecule has 2 rings (SSSR count). The molecule has 152 valence electrons. The lowest BCUT2D eigenvalue weighted by atomic mass is 10.2. The summed E-state index contributed by atoms with van der Waals surface area (Å²) in [7, 11) is 0. The first-order valence-corrected chi connectivity index (χ1v) is 7.07. The molecule has 0 radical (unpaired) electrons. The Morgan fingerprint density at radius 2 is 1.75 bits per heavy atom. The summed E-state index contributed by atoms with van der Waals surface area (Å²) >= 11 is 0. The van der Waals surface area contributed by atoms with E-state index in [-0.39, 0.29) is 18.7 Å². The zero-order valence-corrected chi connectivity index (χ0v) is 13.5. The molecule has 0 amide bonds. The molecule has 8 nitrogen and oxygen atoms in total. The van der Waals surface area contributed by atoms with Gasteiger partial charge in [0.1, 0.15) is 18.6 Å². The number of hydrogen-bond donors (Lipinski definition) is 1. The number of hydrogen-bond acceptors (Lipinski definition) is 6. The number of aryl methyl sites for hydroxylation is 1. The van der Waals surface area contributed by atoms with Gasteiger partial charge < -0.3 is 15.0 Å². The molecule has 0 aliphatic heterocycles. The predicted molar refractivity (Wildman–Crippen MR) is 73.8 cm³/mol. The molecule has 0 bridgehead atoms. The number of halogens is 6. The molecule has 0 aromatic carbocycles. The van der Waals surface area contributed by atoms with E-state index in [1.54, 1.807) is 0 Å². The minimum absolute atomic E-state index is 0.0928. The van der Waals surface area contributed by atoms with Crippen molar-refractivity contribution >= 4 is 11.9 Å². The van der Waals surface area contributed by atoms with Crippen molar-refractivity contribution in [2.45, 2.75) is 25.3 Å². The van der Waals surface area contributed by atoms with Crippen LogP contribution < -0.4 is 9.79 Å². The summed E-state index contributed by atoms with van der Waals surface area (Å²) in [6, 6.07) is 2.85. The molecule has 0 aliphatic rings. The fraction of sp³-hybridized carbons (Fsp3) is 0.286. The highest BCUT2D eigenvalue weighted by Gasteiger charge is 2.34. The number of carbonyl (C=O) groups excluding carboxylic acids is 1. The highest BCUT2D eigenvalue weighted by molar-refractivity contribution is 5.70. The number of rotatable bonds is 4. The number of aromatic nitrogens is 4. The fourth-order valence-corrected chi connectivity index (χ4v) is 1.53. The van der Waals surface area contributed by atoms with Crippen LogP contribution in [-0.2, 0) is 22.3 Å². The Labute approximate surface area is 152 Å². The van der Waals surface area contributed by atoms with Crippen molar-refractivity contribution in [1.29, 1.82) is 0 Å². The summed E-state index contributed by atoms with van der Waals surface area (Å²) in [5, 5.41) is 21.3. The van der Waals surface area contributed by atoms with Crippen LogP contribution in [0.25, 0.3) is 11.3 Å². The molecule has 1 N–H and O–H groups in total. The second-order valence-electron chi connectivity index (χ2n) is 4.87. The Bertz CT molecular complexity index is 824. The van der Waals surface area contributed by atoms with Gasteiger partial charge in [-0.15, -0.1) is 0 Å². The third kappa shape index (κ3) is 7.51. The molecular formula is C14H10F6N4O4. The second kappa shape index (κ2) is 9.05. The monoisotopic (exact) mass is 412 g/mol. The van der Waals surface area contributed by atoms with Crippen molar-refractivity contribution < 1.29 is 50.8 Å². The van der Waals surface area contributed by atoms with E-state index in [0.717, 1.165) is 6.20 Å². The van der Waals surface area contributed by atoms with Gasteiger partial charge in [0.25, 0.3) is 0 Å². The quantitative estimate of drug-likeness (QED) is 0.577. The molecule has 0 spiro atoms. The molecule has 0 fully saturated rings. The third-order valence-electron chi connectivity index (χ3n) is 2.76. The standard InChI is InChI=1S/C12H9F3N4O2.C2HF3O2/c13-12(14,15)11-16-4-1-9(18-11)8-2-5-19(17-7-8)6-3-10(20)21;3-2(4,5)1(6)7/h1-2,4-5,7H,3,6H2;(H,6,7). The highest BCUT2D eigenvalue weighted by atomic mass is 19.4. The Balaban J connectivity index is 0.000000480. The van der Waals surface area contributed by atoms with Crippen molar-refractivity contribution in [3.8, 4) is 11.3 Å². The van der Waals surface area contributed by atoms with Crippen LogP contribution in [0.1, 0.15) is 12.2 Å². The molecule has 2 heterocycles. The lowest BCUT2D eigenvalue weighted by Gasteiger charge is -2.05. The zero-order chi connectivity index (χ0) is 21.5. The van der Waals surface area contributed by atoms with Crippen LogP contribution >= 0.6 is 0 Å². The highest BCUT2D eigenvalue weighted by Crippen LogP contribution is 2.27.